The molecule has 0 fully saturated rings. The molecule has 2 aromatic rings. The first-order valence-corrected chi connectivity index (χ1v) is 5.19. The molecular formula is C11H11ClFN3. The number of imidazole rings is 1. The molecule has 0 unspecified atom stereocenters. The summed E-state index contributed by atoms with van der Waals surface area (Å²) in [6.45, 7) is 0.523. The maximum Gasteiger partial charge on any atom is 0.147 e. The first-order valence-electron chi connectivity index (χ1n) is 4.81. The average Bonchev–Trinajstić information content (AvgIpc) is 2.63. The van der Waals surface area contributed by atoms with Crippen molar-refractivity contribution in [3.8, 4) is 0 Å². The standard InChI is InChI=1S/C11H11ClFN3/c1-16-7-14-5-9(16)6-15-11-3-2-8(12)4-10(11)13/h2-5,7,15H,6H2,1H3. The van der Waals surface area contributed by atoms with E-state index in [1.807, 2.05) is 11.6 Å². The van der Waals surface area contributed by atoms with Crippen LogP contribution < -0.4 is 5.32 Å². The quantitative estimate of drug-likeness (QED) is 0.893. The van der Waals surface area contributed by atoms with E-state index in [1.165, 1.54) is 6.07 Å². The molecule has 0 aliphatic rings. The lowest BCUT2D eigenvalue weighted by molar-refractivity contribution is 0.629. The van der Waals surface area contributed by atoms with Crippen molar-refractivity contribution in [1.82, 2.24) is 9.55 Å². The van der Waals surface area contributed by atoms with Crippen LogP contribution in [0.2, 0.25) is 5.02 Å². The van der Waals surface area contributed by atoms with Crippen LogP contribution in [-0.4, -0.2) is 9.55 Å². The second-order valence-corrected chi connectivity index (χ2v) is 3.91. The molecule has 5 heteroatoms. The summed E-state index contributed by atoms with van der Waals surface area (Å²) in [7, 11) is 1.89. The minimum atomic E-state index is -0.352. The van der Waals surface area contributed by atoms with Crippen LogP contribution >= 0.6 is 11.6 Å². The minimum Gasteiger partial charge on any atom is -0.377 e. The molecule has 2 rings (SSSR count). The molecule has 1 heterocycles. The van der Waals surface area contributed by atoms with E-state index in [0.717, 1.165) is 5.69 Å². The Bertz CT molecular complexity index is 496. The predicted octanol–water partition coefficient (Wildman–Crippen LogP) is 2.82. The highest BCUT2D eigenvalue weighted by atomic mass is 35.5. The molecular weight excluding hydrogens is 229 g/mol. The number of hydrogen-bond donors (Lipinski definition) is 1. The molecule has 1 aromatic heterocycles. The number of halogens is 2. The lowest BCUT2D eigenvalue weighted by Gasteiger charge is -2.07. The van der Waals surface area contributed by atoms with Crippen molar-refractivity contribution in [3.05, 3.63) is 47.3 Å². The Morgan fingerprint density at radius 3 is 2.94 bits per heavy atom. The summed E-state index contributed by atoms with van der Waals surface area (Å²) in [6, 6.07) is 4.55. The highest BCUT2D eigenvalue weighted by molar-refractivity contribution is 6.30. The maximum absolute atomic E-state index is 13.4. The maximum atomic E-state index is 13.4. The van der Waals surface area contributed by atoms with Crippen molar-refractivity contribution in [1.29, 1.82) is 0 Å². The average molecular weight is 240 g/mol. The van der Waals surface area contributed by atoms with E-state index in [-0.39, 0.29) is 5.82 Å². The Hall–Kier alpha value is -1.55. The normalized spacial score (nSPS) is 10.4. The van der Waals surface area contributed by atoms with E-state index in [0.29, 0.717) is 17.3 Å². The van der Waals surface area contributed by atoms with E-state index in [9.17, 15) is 4.39 Å². The first kappa shape index (κ1) is 11.0. The van der Waals surface area contributed by atoms with E-state index in [4.69, 9.17) is 11.6 Å². The van der Waals surface area contributed by atoms with Crippen LogP contribution in [0, 0.1) is 5.82 Å². The zero-order valence-electron chi connectivity index (χ0n) is 8.74. The van der Waals surface area contributed by atoms with Gasteiger partial charge < -0.3 is 9.88 Å². The molecule has 0 aliphatic heterocycles. The summed E-state index contributed by atoms with van der Waals surface area (Å²) in [5, 5.41) is 3.38. The second kappa shape index (κ2) is 4.53. The van der Waals surface area contributed by atoms with Gasteiger partial charge in [0.25, 0.3) is 0 Å². The van der Waals surface area contributed by atoms with Gasteiger partial charge in [0.2, 0.25) is 0 Å². The lowest BCUT2D eigenvalue weighted by Crippen LogP contribution is -2.05. The SMILES string of the molecule is Cn1cncc1CNc1ccc(Cl)cc1F. The van der Waals surface area contributed by atoms with Crippen LogP contribution in [0.5, 0.6) is 0 Å². The predicted molar refractivity (Wildman–Crippen MR) is 61.9 cm³/mol. The summed E-state index contributed by atoms with van der Waals surface area (Å²) in [6.07, 6.45) is 3.44. The topological polar surface area (TPSA) is 29.9 Å². The van der Waals surface area contributed by atoms with Crippen LogP contribution in [0.1, 0.15) is 5.69 Å². The Morgan fingerprint density at radius 2 is 2.31 bits per heavy atom. The van der Waals surface area contributed by atoms with E-state index < -0.39 is 0 Å². The number of nitrogens with zero attached hydrogens (tertiary/aromatic N) is 2. The Labute approximate surface area is 97.9 Å². The third kappa shape index (κ3) is 2.33. The zero-order valence-corrected chi connectivity index (χ0v) is 9.50. The van der Waals surface area contributed by atoms with Gasteiger partial charge in [-0.1, -0.05) is 11.6 Å². The number of nitrogens with one attached hydrogen (secondary N) is 1. The molecule has 0 aliphatic carbocycles. The van der Waals surface area contributed by atoms with Gasteiger partial charge in [-0.15, -0.1) is 0 Å². The summed E-state index contributed by atoms with van der Waals surface area (Å²) in [5.41, 5.74) is 1.42. The molecule has 0 bridgehead atoms. The lowest BCUT2D eigenvalue weighted by atomic mass is 10.3. The largest absolute Gasteiger partial charge is 0.377 e. The first-order chi connectivity index (χ1) is 7.66. The fraction of sp³-hybridized carbons (Fsp3) is 0.182. The fourth-order valence-corrected chi connectivity index (χ4v) is 1.53. The Balaban J connectivity index is 2.08. The Kier molecular flexibility index (Phi) is 3.10. The van der Waals surface area contributed by atoms with Gasteiger partial charge >= 0.3 is 0 Å². The third-order valence-corrected chi connectivity index (χ3v) is 2.54. The van der Waals surface area contributed by atoms with Crippen LogP contribution in [0.15, 0.2) is 30.7 Å². The summed E-state index contributed by atoms with van der Waals surface area (Å²) >= 11 is 5.66. The number of aromatic nitrogens is 2. The highest BCUT2D eigenvalue weighted by Crippen LogP contribution is 2.19. The van der Waals surface area contributed by atoms with Gasteiger partial charge in [-0.25, -0.2) is 9.37 Å². The molecule has 84 valence electrons. The number of aryl methyl sites for hydroxylation is 1. The van der Waals surface area contributed by atoms with Crippen LogP contribution in [0.3, 0.4) is 0 Å². The molecule has 1 aromatic carbocycles. The molecule has 0 radical (unpaired) electrons. The van der Waals surface area contributed by atoms with Gasteiger partial charge in [0.1, 0.15) is 5.82 Å². The molecule has 3 nitrogen and oxygen atoms in total. The molecule has 0 spiro atoms. The Morgan fingerprint density at radius 1 is 1.50 bits per heavy atom. The van der Waals surface area contributed by atoms with Gasteiger partial charge in [0, 0.05) is 18.3 Å². The van der Waals surface area contributed by atoms with Gasteiger partial charge in [0.05, 0.1) is 24.3 Å². The molecule has 0 saturated heterocycles. The van der Waals surface area contributed by atoms with Crippen LogP contribution in [0.25, 0.3) is 0 Å². The van der Waals surface area contributed by atoms with Gasteiger partial charge in [-0.2, -0.15) is 0 Å². The van der Waals surface area contributed by atoms with E-state index in [2.05, 4.69) is 10.3 Å². The summed E-state index contributed by atoms with van der Waals surface area (Å²) < 4.78 is 15.3. The van der Waals surface area contributed by atoms with Gasteiger partial charge in [-0.05, 0) is 18.2 Å². The smallest absolute Gasteiger partial charge is 0.147 e. The minimum absolute atomic E-state index is 0.352. The van der Waals surface area contributed by atoms with Crippen LogP contribution in [0.4, 0.5) is 10.1 Å². The summed E-state index contributed by atoms with van der Waals surface area (Å²) in [4.78, 5) is 3.98. The van der Waals surface area contributed by atoms with E-state index in [1.54, 1.807) is 24.7 Å². The number of rotatable bonds is 3. The molecule has 1 N–H and O–H groups in total. The number of anilines is 1. The zero-order chi connectivity index (χ0) is 11.5. The molecule has 0 atom stereocenters. The number of hydrogen-bond acceptors (Lipinski definition) is 2. The van der Waals surface area contributed by atoms with Crippen molar-refractivity contribution >= 4 is 17.3 Å². The van der Waals surface area contributed by atoms with Crippen molar-refractivity contribution in [2.75, 3.05) is 5.32 Å². The molecule has 0 saturated carbocycles. The highest BCUT2D eigenvalue weighted by Gasteiger charge is 2.03. The number of benzene rings is 1. The van der Waals surface area contributed by atoms with Crippen LogP contribution in [-0.2, 0) is 13.6 Å². The van der Waals surface area contributed by atoms with Crippen molar-refractivity contribution < 1.29 is 4.39 Å². The molecule has 0 amide bonds. The van der Waals surface area contributed by atoms with Crippen molar-refractivity contribution in [3.63, 3.8) is 0 Å². The van der Waals surface area contributed by atoms with Crippen molar-refractivity contribution in [2.45, 2.75) is 6.54 Å². The second-order valence-electron chi connectivity index (χ2n) is 3.47. The fourth-order valence-electron chi connectivity index (χ4n) is 1.37. The molecule has 16 heavy (non-hydrogen) atoms. The van der Waals surface area contributed by atoms with E-state index >= 15 is 0 Å². The van der Waals surface area contributed by atoms with Crippen molar-refractivity contribution in [2.24, 2.45) is 7.05 Å². The van der Waals surface area contributed by atoms with Gasteiger partial charge in [-0.3, -0.25) is 0 Å². The third-order valence-electron chi connectivity index (χ3n) is 2.31. The monoisotopic (exact) mass is 239 g/mol. The summed E-state index contributed by atoms with van der Waals surface area (Å²) in [5.74, 6) is -0.352. The van der Waals surface area contributed by atoms with Gasteiger partial charge in [0.15, 0.2) is 0 Å².